The highest BCUT2D eigenvalue weighted by Gasteiger charge is 2.22. The molecule has 1 heterocycles. The van der Waals surface area contributed by atoms with Gasteiger partial charge in [-0.2, -0.15) is 0 Å². The molecule has 1 atom stereocenters. The third-order valence-corrected chi connectivity index (χ3v) is 3.68. The van der Waals surface area contributed by atoms with Crippen LogP contribution >= 0.6 is 0 Å². The Morgan fingerprint density at radius 1 is 1.22 bits per heavy atom. The molecule has 0 saturated carbocycles. The average Bonchev–Trinajstić information content (AvgIpc) is 2.93. The molecule has 7 heteroatoms. The monoisotopic (exact) mass is 311 g/mol. The van der Waals surface area contributed by atoms with Crippen LogP contribution < -0.4 is 0 Å². The minimum absolute atomic E-state index is 0.0253. The summed E-state index contributed by atoms with van der Waals surface area (Å²) < 4.78 is 1.62. The number of benzene rings is 2. The fraction of sp³-hybridized carbons (Fsp3) is 0.125. The fourth-order valence-electron chi connectivity index (χ4n) is 2.48. The zero-order valence-electron chi connectivity index (χ0n) is 12.2. The highest BCUT2D eigenvalue weighted by atomic mass is 16.6. The van der Waals surface area contributed by atoms with Gasteiger partial charge in [0.05, 0.1) is 16.0 Å². The van der Waals surface area contributed by atoms with E-state index in [1.165, 1.54) is 12.1 Å². The van der Waals surface area contributed by atoms with Crippen LogP contribution in [-0.2, 0) is 4.79 Å². The van der Waals surface area contributed by atoms with Crippen LogP contribution in [0.1, 0.15) is 13.0 Å². The van der Waals surface area contributed by atoms with E-state index in [0.717, 1.165) is 0 Å². The van der Waals surface area contributed by atoms with Gasteiger partial charge in [-0.15, -0.1) is 0 Å². The van der Waals surface area contributed by atoms with Gasteiger partial charge in [0.25, 0.3) is 5.69 Å². The van der Waals surface area contributed by atoms with Crippen LogP contribution in [0.4, 0.5) is 5.69 Å². The Hall–Kier alpha value is -3.22. The van der Waals surface area contributed by atoms with Gasteiger partial charge < -0.3 is 9.67 Å². The van der Waals surface area contributed by atoms with E-state index in [4.69, 9.17) is 0 Å². The molecule has 0 aliphatic carbocycles. The summed E-state index contributed by atoms with van der Waals surface area (Å²) in [5.41, 5.74) is 1.98. The number of imidazole rings is 1. The molecule has 23 heavy (non-hydrogen) atoms. The normalized spacial score (nSPS) is 12.2. The van der Waals surface area contributed by atoms with Gasteiger partial charge in [-0.25, -0.2) is 9.78 Å². The van der Waals surface area contributed by atoms with Crippen LogP contribution in [0.2, 0.25) is 0 Å². The smallest absolute Gasteiger partial charge is 0.326 e. The first-order chi connectivity index (χ1) is 11.0. The third kappa shape index (κ3) is 2.52. The maximum absolute atomic E-state index is 11.4. The van der Waals surface area contributed by atoms with E-state index in [0.29, 0.717) is 22.4 Å². The van der Waals surface area contributed by atoms with Gasteiger partial charge in [-0.05, 0) is 31.2 Å². The van der Waals surface area contributed by atoms with Crippen molar-refractivity contribution in [3.05, 3.63) is 58.6 Å². The number of nitrogens with zero attached hydrogens (tertiary/aromatic N) is 3. The molecule has 0 aliphatic rings. The van der Waals surface area contributed by atoms with Crippen molar-refractivity contribution < 1.29 is 14.8 Å². The summed E-state index contributed by atoms with van der Waals surface area (Å²) in [7, 11) is 0. The minimum Gasteiger partial charge on any atom is -0.480 e. The molecule has 2 aromatic carbocycles. The first-order valence-corrected chi connectivity index (χ1v) is 6.93. The molecule has 0 bridgehead atoms. The van der Waals surface area contributed by atoms with E-state index in [1.54, 1.807) is 35.8 Å². The minimum atomic E-state index is -0.976. The molecular formula is C16H13N3O4. The fourth-order valence-corrected chi connectivity index (χ4v) is 2.48. The molecule has 1 N–H and O–H groups in total. The Morgan fingerprint density at radius 3 is 2.48 bits per heavy atom. The van der Waals surface area contributed by atoms with E-state index in [9.17, 15) is 20.0 Å². The van der Waals surface area contributed by atoms with Crippen LogP contribution in [0.15, 0.2) is 48.5 Å². The number of carbonyl (C=O) groups is 1. The number of non-ortho nitro benzene ring substituents is 1. The van der Waals surface area contributed by atoms with Crippen LogP contribution in [-0.4, -0.2) is 25.6 Å². The summed E-state index contributed by atoms with van der Waals surface area (Å²) in [4.78, 5) is 26.2. The molecule has 3 rings (SSSR count). The molecule has 116 valence electrons. The second-order valence-corrected chi connectivity index (χ2v) is 5.11. The van der Waals surface area contributed by atoms with Crippen LogP contribution in [0.3, 0.4) is 0 Å². The number of hydrogen-bond acceptors (Lipinski definition) is 4. The Morgan fingerprint density at radius 2 is 1.87 bits per heavy atom. The van der Waals surface area contributed by atoms with Gasteiger partial charge in [0.2, 0.25) is 0 Å². The van der Waals surface area contributed by atoms with E-state index < -0.39 is 16.9 Å². The Bertz CT molecular complexity index is 899. The molecule has 3 aromatic rings. The molecule has 0 aliphatic heterocycles. The van der Waals surface area contributed by atoms with Gasteiger partial charge in [0.15, 0.2) is 0 Å². The molecule has 1 aromatic heterocycles. The second-order valence-electron chi connectivity index (χ2n) is 5.11. The highest BCUT2D eigenvalue weighted by Crippen LogP contribution is 2.29. The summed E-state index contributed by atoms with van der Waals surface area (Å²) in [6.45, 7) is 1.57. The molecular weight excluding hydrogens is 298 g/mol. The van der Waals surface area contributed by atoms with Crippen LogP contribution in [0.25, 0.3) is 22.4 Å². The highest BCUT2D eigenvalue weighted by molar-refractivity contribution is 5.84. The first-order valence-electron chi connectivity index (χ1n) is 6.93. The topological polar surface area (TPSA) is 98.3 Å². The predicted molar refractivity (Wildman–Crippen MR) is 84.2 cm³/mol. The largest absolute Gasteiger partial charge is 0.480 e. The zero-order valence-corrected chi connectivity index (χ0v) is 12.2. The predicted octanol–water partition coefficient (Wildman–Crippen LogP) is 3.26. The maximum Gasteiger partial charge on any atom is 0.326 e. The lowest BCUT2D eigenvalue weighted by Crippen LogP contribution is -2.16. The number of hydrogen-bond donors (Lipinski definition) is 1. The number of fused-ring (bicyclic) bond motifs is 1. The second kappa shape index (κ2) is 5.53. The Labute approximate surface area is 131 Å². The zero-order chi connectivity index (χ0) is 16.6. The van der Waals surface area contributed by atoms with E-state index in [-0.39, 0.29) is 5.69 Å². The van der Waals surface area contributed by atoms with E-state index in [1.807, 2.05) is 12.1 Å². The summed E-state index contributed by atoms with van der Waals surface area (Å²) in [5, 5.41) is 20.1. The third-order valence-electron chi connectivity index (χ3n) is 3.68. The molecule has 0 radical (unpaired) electrons. The van der Waals surface area contributed by atoms with Crippen molar-refractivity contribution in [2.75, 3.05) is 0 Å². The number of aromatic nitrogens is 2. The summed E-state index contributed by atoms with van der Waals surface area (Å²) in [6.07, 6.45) is 0. The summed E-state index contributed by atoms with van der Waals surface area (Å²) in [5.74, 6) is -0.507. The quantitative estimate of drug-likeness (QED) is 0.589. The number of rotatable bonds is 4. The van der Waals surface area contributed by atoms with Crippen molar-refractivity contribution in [3.63, 3.8) is 0 Å². The van der Waals surface area contributed by atoms with Crippen molar-refractivity contribution in [1.29, 1.82) is 0 Å². The number of carboxylic acid groups (broad SMARTS) is 1. The lowest BCUT2D eigenvalue weighted by atomic mass is 10.2. The number of nitro groups is 1. The van der Waals surface area contributed by atoms with E-state index >= 15 is 0 Å². The number of carboxylic acids is 1. The summed E-state index contributed by atoms with van der Waals surface area (Å²) in [6, 6.07) is 12.3. The lowest BCUT2D eigenvalue weighted by Gasteiger charge is -2.13. The van der Waals surface area contributed by atoms with Crippen molar-refractivity contribution in [3.8, 4) is 11.4 Å². The van der Waals surface area contributed by atoms with Crippen molar-refractivity contribution in [2.24, 2.45) is 0 Å². The lowest BCUT2D eigenvalue weighted by molar-refractivity contribution is -0.384. The number of aliphatic carboxylic acids is 1. The molecule has 0 spiro atoms. The Balaban J connectivity index is 2.21. The van der Waals surface area contributed by atoms with Gasteiger partial charge in [0, 0.05) is 17.7 Å². The maximum atomic E-state index is 11.4. The van der Waals surface area contributed by atoms with Crippen LogP contribution in [0, 0.1) is 10.1 Å². The molecule has 1 unspecified atom stereocenters. The number of nitro benzene ring substituents is 1. The van der Waals surface area contributed by atoms with Crippen molar-refractivity contribution in [2.45, 2.75) is 13.0 Å². The average molecular weight is 311 g/mol. The molecule has 7 nitrogen and oxygen atoms in total. The SMILES string of the molecule is CC(C(=O)O)n1c(-c2ccc([N+](=O)[O-])cc2)nc2ccccc21. The van der Waals surface area contributed by atoms with Gasteiger partial charge >= 0.3 is 5.97 Å². The van der Waals surface area contributed by atoms with Gasteiger partial charge in [-0.1, -0.05) is 12.1 Å². The van der Waals surface area contributed by atoms with E-state index in [2.05, 4.69) is 4.98 Å². The summed E-state index contributed by atoms with van der Waals surface area (Å²) >= 11 is 0. The van der Waals surface area contributed by atoms with Gasteiger partial charge in [0.1, 0.15) is 11.9 Å². The van der Waals surface area contributed by atoms with Gasteiger partial charge in [-0.3, -0.25) is 10.1 Å². The first kappa shape index (κ1) is 14.7. The van der Waals surface area contributed by atoms with Crippen molar-refractivity contribution >= 4 is 22.7 Å². The standard InChI is InChI=1S/C16H13N3O4/c1-10(16(20)21)18-14-5-3-2-4-13(14)17-15(18)11-6-8-12(9-7-11)19(22)23/h2-10H,1H3,(H,20,21). The number of para-hydroxylation sites is 2. The molecule has 0 amide bonds. The Kier molecular flexibility index (Phi) is 3.53. The molecule has 0 fully saturated rings. The van der Waals surface area contributed by atoms with Crippen molar-refractivity contribution in [1.82, 2.24) is 9.55 Å². The molecule has 0 saturated heterocycles. The van der Waals surface area contributed by atoms with Crippen LogP contribution in [0.5, 0.6) is 0 Å².